The highest BCUT2D eigenvalue weighted by Crippen LogP contribution is 2.08. The fraction of sp³-hybridized carbons (Fsp3) is 0.571. The van der Waals surface area contributed by atoms with Gasteiger partial charge < -0.3 is 11.1 Å². The largest absolute Gasteiger partial charge is 0.370 e. The molecule has 0 spiro atoms. The van der Waals surface area contributed by atoms with Crippen molar-refractivity contribution in [1.82, 2.24) is 10.2 Å². The Kier molecular flexibility index (Phi) is 2.50. The zero-order valence-electron chi connectivity index (χ0n) is 7.24. The van der Waals surface area contributed by atoms with Gasteiger partial charge >= 0.3 is 6.03 Å². The van der Waals surface area contributed by atoms with E-state index in [-0.39, 0.29) is 18.9 Å². The van der Waals surface area contributed by atoms with E-state index in [2.05, 4.69) is 5.32 Å². The Hall–Kier alpha value is -1.59. The van der Waals surface area contributed by atoms with Crippen molar-refractivity contribution in [2.75, 3.05) is 6.54 Å². The molecule has 0 saturated carbocycles. The predicted octanol–water partition coefficient (Wildman–Crippen LogP) is -1.20. The Morgan fingerprint density at radius 3 is 2.69 bits per heavy atom. The van der Waals surface area contributed by atoms with Gasteiger partial charge in [0.1, 0.15) is 0 Å². The molecule has 6 nitrogen and oxygen atoms in total. The zero-order chi connectivity index (χ0) is 10.0. The lowest BCUT2D eigenvalue weighted by Gasteiger charge is -2.19. The maximum Gasteiger partial charge on any atom is 0.324 e. The maximum absolute atomic E-state index is 11.1. The van der Waals surface area contributed by atoms with Crippen LogP contribution in [0.4, 0.5) is 4.79 Å². The number of rotatable bonds is 3. The molecule has 0 aromatic heterocycles. The average Bonchev–Trinajstić information content (AvgIpc) is 2.29. The first-order chi connectivity index (χ1) is 6.02. The Labute approximate surface area is 75.1 Å². The van der Waals surface area contributed by atoms with Crippen molar-refractivity contribution < 1.29 is 14.4 Å². The SMILES string of the molecule is CC(CC(N)=O)N1C(=O)CNC1=O. The molecular weight excluding hydrogens is 174 g/mol. The van der Waals surface area contributed by atoms with Crippen LogP contribution in [0.5, 0.6) is 0 Å². The van der Waals surface area contributed by atoms with Crippen LogP contribution in [0.2, 0.25) is 0 Å². The molecule has 72 valence electrons. The fourth-order valence-electron chi connectivity index (χ4n) is 1.26. The molecule has 13 heavy (non-hydrogen) atoms. The molecule has 0 radical (unpaired) electrons. The normalized spacial score (nSPS) is 18.7. The first-order valence-corrected chi connectivity index (χ1v) is 3.90. The minimum atomic E-state index is -0.528. The van der Waals surface area contributed by atoms with Gasteiger partial charge in [0.15, 0.2) is 0 Å². The molecule has 1 saturated heterocycles. The maximum atomic E-state index is 11.1. The van der Waals surface area contributed by atoms with Gasteiger partial charge in [-0.3, -0.25) is 14.5 Å². The summed E-state index contributed by atoms with van der Waals surface area (Å²) in [5.41, 5.74) is 4.94. The molecule has 6 heteroatoms. The molecule has 1 fully saturated rings. The highest BCUT2D eigenvalue weighted by molar-refractivity contribution is 6.02. The van der Waals surface area contributed by atoms with Crippen molar-refractivity contribution in [2.24, 2.45) is 5.73 Å². The molecule has 0 aromatic rings. The summed E-state index contributed by atoms with van der Waals surface area (Å²) in [4.78, 5) is 33.7. The molecule has 0 bridgehead atoms. The van der Waals surface area contributed by atoms with E-state index in [1.807, 2.05) is 0 Å². The summed E-state index contributed by atoms with van der Waals surface area (Å²) in [6.07, 6.45) is -0.000833. The van der Waals surface area contributed by atoms with Gasteiger partial charge in [-0.05, 0) is 6.92 Å². The quantitative estimate of drug-likeness (QED) is 0.541. The fourth-order valence-corrected chi connectivity index (χ4v) is 1.26. The Morgan fingerprint density at radius 2 is 2.31 bits per heavy atom. The van der Waals surface area contributed by atoms with E-state index in [4.69, 9.17) is 5.73 Å². The number of carbonyl (C=O) groups excluding carboxylic acids is 3. The van der Waals surface area contributed by atoms with Crippen LogP contribution in [-0.2, 0) is 9.59 Å². The summed E-state index contributed by atoms with van der Waals surface area (Å²) in [6.45, 7) is 1.61. The van der Waals surface area contributed by atoms with E-state index in [0.717, 1.165) is 4.90 Å². The van der Waals surface area contributed by atoms with Crippen LogP contribution in [0.25, 0.3) is 0 Å². The second-order valence-corrected chi connectivity index (χ2v) is 2.94. The number of nitrogens with one attached hydrogen (secondary N) is 1. The smallest absolute Gasteiger partial charge is 0.324 e. The first kappa shape index (κ1) is 9.50. The number of urea groups is 1. The molecule has 1 unspecified atom stereocenters. The van der Waals surface area contributed by atoms with Gasteiger partial charge in [-0.15, -0.1) is 0 Å². The average molecular weight is 185 g/mol. The second-order valence-electron chi connectivity index (χ2n) is 2.94. The summed E-state index contributed by atoms with van der Waals surface area (Å²) < 4.78 is 0. The molecule has 1 heterocycles. The third-order valence-electron chi connectivity index (χ3n) is 1.82. The molecule has 1 rings (SSSR count). The molecule has 1 aliphatic rings. The standard InChI is InChI=1S/C7H11N3O3/c1-4(2-5(8)11)10-6(12)3-9-7(10)13/h4H,2-3H2,1H3,(H2,8,11)(H,9,13). The minimum absolute atomic E-state index is 0.000833. The number of nitrogens with two attached hydrogens (primary N) is 1. The Bertz CT molecular complexity index is 248. The number of nitrogens with zero attached hydrogens (tertiary/aromatic N) is 1. The highest BCUT2D eigenvalue weighted by Gasteiger charge is 2.32. The molecule has 4 amide bonds. The van der Waals surface area contributed by atoms with Crippen molar-refractivity contribution in [3.8, 4) is 0 Å². The van der Waals surface area contributed by atoms with Gasteiger partial charge in [0, 0.05) is 12.5 Å². The van der Waals surface area contributed by atoms with Gasteiger partial charge in [0.25, 0.3) is 0 Å². The highest BCUT2D eigenvalue weighted by atomic mass is 16.2. The topological polar surface area (TPSA) is 92.5 Å². The number of carbonyl (C=O) groups is 3. The zero-order valence-corrected chi connectivity index (χ0v) is 7.24. The number of imide groups is 1. The lowest BCUT2D eigenvalue weighted by atomic mass is 10.2. The van der Waals surface area contributed by atoms with Crippen LogP contribution in [0, 0.1) is 0 Å². The molecule has 1 atom stereocenters. The molecule has 0 aliphatic carbocycles. The molecule has 1 aliphatic heterocycles. The van der Waals surface area contributed by atoms with E-state index in [9.17, 15) is 14.4 Å². The molecule has 3 N–H and O–H groups in total. The van der Waals surface area contributed by atoms with Crippen LogP contribution in [-0.4, -0.2) is 35.3 Å². The van der Waals surface area contributed by atoms with Crippen molar-refractivity contribution >= 4 is 17.8 Å². The summed E-state index contributed by atoms with van der Waals surface area (Å²) in [5.74, 6) is -0.848. The predicted molar refractivity (Wildman–Crippen MR) is 43.5 cm³/mol. The van der Waals surface area contributed by atoms with E-state index in [0.29, 0.717) is 0 Å². The summed E-state index contributed by atoms with van der Waals surface area (Å²) in [6, 6.07) is -0.925. The molecule has 0 aromatic carbocycles. The monoisotopic (exact) mass is 185 g/mol. The number of amides is 4. The summed E-state index contributed by atoms with van der Waals surface area (Å²) in [5, 5.41) is 2.36. The Balaban J connectivity index is 2.64. The van der Waals surface area contributed by atoms with E-state index in [1.54, 1.807) is 6.92 Å². The lowest BCUT2D eigenvalue weighted by Crippen LogP contribution is -2.40. The number of hydrogen-bond donors (Lipinski definition) is 2. The lowest BCUT2D eigenvalue weighted by molar-refractivity contribution is -0.127. The first-order valence-electron chi connectivity index (χ1n) is 3.90. The van der Waals surface area contributed by atoms with E-state index < -0.39 is 18.0 Å². The van der Waals surface area contributed by atoms with Crippen LogP contribution >= 0.6 is 0 Å². The van der Waals surface area contributed by atoms with Crippen molar-refractivity contribution in [3.05, 3.63) is 0 Å². The van der Waals surface area contributed by atoms with Gasteiger partial charge in [0.05, 0.1) is 6.54 Å². The van der Waals surface area contributed by atoms with E-state index >= 15 is 0 Å². The van der Waals surface area contributed by atoms with Crippen LogP contribution < -0.4 is 11.1 Å². The Morgan fingerprint density at radius 1 is 1.69 bits per heavy atom. The third kappa shape index (κ3) is 1.95. The van der Waals surface area contributed by atoms with Crippen molar-refractivity contribution in [3.63, 3.8) is 0 Å². The van der Waals surface area contributed by atoms with Gasteiger partial charge in [-0.1, -0.05) is 0 Å². The van der Waals surface area contributed by atoms with Gasteiger partial charge in [-0.25, -0.2) is 4.79 Å². The molecular formula is C7H11N3O3. The van der Waals surface area contributed by atoms with Crippen LogP contribution in [0.15, 0.2) is 0 Å². The van der Waals surface area contributed by atoms with Crippen molar-refractivity contribution in [2.45, 2.75) is 19.4 Å². The van der Waals surface area contributed by atoms with Crippen LogP contribution in [0.3, 0.4) is 0 Å². The second kappa shape index (κ2) is 3.42. The van der Waals surface area contributed by atoms with Gasteiger partial charge in [-0.2, -0.15) is 0 Å². The van der Waals surface area contributed by atoms with Gasteiger partial charge in [0.2, 0.25) is 11.8 Å². The summed E-state index contributed by atoms with van der Waals surface area (Å²) >= 11 is 0. The number of hydrogen-bond acceptors (Lipinski definition) is 3. The third-order valence-corrected chi connectivity index (χ3v) is 1.82. The minimum Gasteiger partial charge on any atom is -0.370 e. The van der Waals surface area contributed by atoms with E-state index in [1.165, 1.54) is 0 Å². The number of primary amides is 1. The van der Waals surface area contributed by atoms with Crippen molar-refractivity contribution in [1.29, 1.82) is 0 Å². The van der Waals surface area contributed by atoms with Crippen LogP contribution in [0.1, 0.15) is 13.3 Å². The summed E-state index contributed by atoms with van der Waals surface area (Å²) in [7, 11) is 0.